The van der Waals surface area contributed by atoms with Gasteiger partial charge in [0.05, 0.1) is 6.26 Å². The largest absolute Gasteiger partial charge is 0.459 e. The van der Waals surface area contributed by atoms with Crippen LogP contribution < -0.4 is 5.32 Å². The summed E-state index contributed by atoms with van der Waals surface area (Å²) in [4.78, 5) is 41.0. The fraction of sp³-hybridized carbons (Fsp3) is 0.611. The summed E-state index contributed by atoms with van der Waals surface area (Å²) in [6, 6.07) is 3.39. The fourth-order valence-corrected chi connectivity index (χ4v) is 3.10. The molecule has 1 aliphatic heterocycles. The topological polar surface area (TPSA) is 82.9 Å². The van der Waals surface area contributed by atoms with Gasteiger partial charge in [0.15, 0.2) is 5.76 Å². The van der Waals surface area contributed by atoms with Gasteiger partial charge in [0.2, 0.25) is 11.8 Å². The van der Waals surface area contributed by atoms with Gasteiger partial charge in [-0.1, -0.05) is 6.92 Å². The van der Waals surface area contributed by atoms with Crippen LogP contribution in [-0.2, 0) is 9.59 Å². The highest BCUT2D eigenvalue weighted by Gasteiger charge is 2.58. The highest BCUT2D eigenvalue weighted by molar-refractivity contribution is 6.08. The summed E-state index contributed by atoms with van der Waals surface area (Å²) in [6.07, 6.45) is 3.53. The lowest BCUT2D eigenvalue weighted by molar-refractivity contribution is -0.145. The Labute approximate surface area is 147 Å². The Morgan fingerprint density at radius 3 is 2.36 bits per heavy atom. The number of amides is 3. The highest BCUT2D eigenvalue weighted by atomic mass is 16.3. The Kier molecular flexibility index (Phi) is 4.83. The van der Waals surface area contributed by atoms with Gasteiger partial charge in [-0.3, -0.25) is 14.4 Å². The molecule has 0 aromatic carbocycles. The van der Waals surface area contributed by atoms with Gasteiger partial charge in [0.25, 0.3) is 5.91 Å². The number of rotatable bonds is 5. The maximum atomic E-state index is 12.8. The molecular weight excluding hydrogens is 322 g/mol. The zero-order chi connectivity index (χ0) is 18.0. The third-order valence-corrected chi connectivity index (χ3v) is 5.17. The molecule has 1 saturated carbocycles. The molecule has 1 atom stereocenters. The van der Waals surface area contributed by atoms with Crippen LogP contribution in [0.1, 0.15) is 43.7 Å². The lowest BCUT2D eigenvalue weighted by atomic mass is 10.0. The molecule has 1 N–H and O–H groups in total. The number of piperazine rings is 1. The van der Waals surface area contributed by atoms with Crippen LogP contribution in [0.4, 0.5) is 0 Å². The van der Waals surface area contributed by atoms with Gasteiger partial charge < -0.3 is 19.5 Å². The summed E-state index contributed by atoms with van der Waals surface area (Å²) in [5.41, 5.74) is -0.878. The first kappa shape index (κ1) is 17.5. The Bertz CT molecular complexity index is 643. The van der Waals surface area contributed by atoms with Crippen LogP contribution in [0.15, 0.2) is 22.8 Å². The first-order valence-electron chi connectivity index (χ1n) is 8.91. The summed E-state index contributed by atoms with van der Waals surface area (Å²) >= 11 is 0. The molecule has 0 bridgehead atoms. The number of hydrogen-bond acceptors (Lipinski definition) is 4. The average Bonchev–Trinajstić information content (AvgIpc) is 3.27. The van der Waals surface area contributed by atoms with E-state index in [1.807, 2.05) is 13.8 Å². The van der Waals surface area contributed by atoms with E-state index >= 15 is 0 Å². The normalized spacial score (nSPS) is 20.1. The Morgan fingerprint density at radius 2 is 1.84 bits per heavy atom. The van der Waals surface area contributed by atoms with E-state index in [9.17, 15) is 14.4 Å². The molecule has 7 heteroatoms. The van der Waals surface area contributed by atoms with Crippen molar-refractivity contribution < 1.29 is 18.8 Å². The van der Waals surface area contributed by atoms with Crippen molar-refractivity contribution in [1.82, 2.24) is 15.1 Å². The smallest absolute Gasteiger partial charge is 0.289 e. The minimum atomic E-state index is -0.878. The molecule has 0 spiro atoms. The number of hydrogen-bond donors (Lipinski definition) is 1. The van der Waals surface area contributed by atoms with Crippen LogP contribution in [0.3, 0.4) is 0 Å². The minimum Gasteiger partial charge on any atom is -0.459 e. The second-order valence-electron chi connectivity index (χ2n) is 6.93. The second kappa shape index (κ2) is 6.90. The maximum absolute atomic E-state index is 12.8. The second-order valence-corrected chi connectivity index (χ2v) is 6.93. The maximum Gasteiger partial charge on any atom is 0.289 e. The molecule has 3 amide bonds. The Balaban J connectivity index is 1.56. The summed E-state index contributed by atoms with van der Waals surface area (Å²) in [5.74, 6) is -0.0986. The molecule has 136 valence electrons. The van der Waals surface area contributed by atoms with E-state index in [1.165, 1.54) is 6.26 Å². The summed E-state index contributed by atoms with van der Waals surface area (Å²) < 4.78 is 5.14. The fourth-order valence-electron chi connectivity index (χ4n) is 3.10. The quantitative estimate of drug-likeness (QED) is 0.813. The molecule has 1 saturated heterocycles. The van der Waals surface area contributed by atoms with Crippen molar-refractivity contribution in [3.63, 3.8) is 0 Å². The van der Waals surface area contributed by atoms with Crippen molar-refractivity contribution in [2.45, 2.75) is 39.2 Å². The molecule has 7 nitrogen and oxygen atoms in total. The van der Waals surface area contributed by atoms with Gasteiger partial charge in [0.1, 0.15) is 5.41 Å². The van der Waals surface area contributed by atoms with Crippen LogP contribution in [0, 0.1) is 5.41 Å². The average molecular weight is 347 g/mol. The number of nitrogens with one attached hydrogen (secondary N) is 1. The van der Waals surface area contributed by atoms with Crippen LogP contribution in [0.25, 0.3) is 0 Å². The Morgan fingerprint density at radius 1 is 1.20 bits per heavy atom. The van der Waals surface area contributed by atoms with E-state index < -0.39 is 5.41 Å². The molecule has 1 unspecified atom stereocenters. The highest BCUT2D eigenvalue weighted by Crippen LogP contribution is 2.47. The van der Waals surface area contributed by atoms with Crippen molar-refractivity contribution >= 4 is 17.7 Å². The molecule has 2 heterocycles. The van der Waals surface area contributed by atoms with Gasteiger partial charge in [-0.15, -0.1) is 0 Å². The van der Waals surface area contributed by atoms with Gasteiger partial charge in [-0.2, -0.15) is 0 Å². The van der Waals surface area contributed by atoms with E-state index in [2.05, 4.69) is 5.32 Å². The predicted molar refractivity (Wildman–Crippen MR) is 90.8 cm³/mol. The Hall–Kier alpha value is -2.31. The number of nitrogens with zero attached hydrogens (tertiary/aromatic N) is 2. The van der Waals surface area contributed by atoms with Crippen LogP contribution in [0.5, 0.6) is 0 Å². The van der Waals surface area contributed by atoms with Crippen molar-refractivity contribution in [2.75, 3.05) is 26.2 Å². The zero-order valence-electron chi connectivity index (χ0n) is 14.8. The molecule has 25 heavy (non-hydrogen) atoms. The third-order valence-electron chi connectivity index (χ3n) is 5.17. The van der Waals surface area contributed by atoms with E-state index in [1.54, 1.807) is 21.9 Å². The monoisotopic (exact) mass is 347 g/mol. The van der Waals surface area contributed by atoms with E-state index in [0.717, 1.165) is 6.42 Å². The number of carbonyl (C=O) groups excluding carboxylic acids is 3. The van der Waals surface area contributed by atoms with E-state index in [4.69, 9.17) is 4.42 Å². The summed E-state index contributed by atoms with van der Waals surface area (Å²) in [5, 5.41) is 2.93. The van der Waals surface area contributed by atoms with Crippen LogP contribution in [0.2, 0.25) is 0 Å². The molecule has 2 aliphatic rings. The van der Waals surface area contributed by atoms with Gasteiger partial charge in [-0.25, -0.2) is 0 Å². The van der Waals surface area contributed by atoms with E-state index in [-0.39, 0.29) is 23.8 Å². The van der Waals surface area contributed by atoms with Crippen molar-refractivity contribution in [1.29, 1.82) is 0 Å². The summed E-state index contributed by atoms with van der Waals surface area (Å²) in [7, 11) is 0. The lowest BCUT2D eigenvalue weighted by Crippen LogP contribution is -2.54. The van der Waals surface area contributed by atoms with Gasteiger partial charge in [-0.05, 0) is 38.3 Å². The van der Waals surface area contributed by atoms with Crippen molar-refractivity contribution in [3.8, 4) is 0 Å². The van der Waals surface area contributed by atoms with E-state index in [0.29, 0.717) is 44.8 Å². The minimum absolute atomic E-state index is 0.0699. The molecule has 0 radical (unpaired) electrons. The third kappa shape index (κ3) is 3.41. The molecule has 3 rings (SSSR count). The molecular formula is C18H25N3O4. The SMILES string of the molecule is CCC(C)NC(=O)C1(C(=O)N2CCN(C(=O)c3ccco3)CC2)CC1. The zero-order valence-corrected chi connectivity index (χ0v) is 14.8. The molecule has 2 fully saturated rings. The first-order valence-corrected chi connectivity index (χ1v) is 8.91. The first-order chi connectivity index (χ1) is 12.0. The lowest BCUT2D eigenvalue weighted by Gasteiger charge is -2.36. The number of carbonyl (C=O) groups is 3. The predicted octanol–water partition coefficient (Wildman–Crippen LogP) is 1.26. The molecule has 1 aromatic heterocycles. The van der Waals surface area contributed by atoms with Crippen molar-refractivity contribution in [3.05, 3.63) is 24.2 Å². The molecule has 1 aliphatic carbocycles. The van der Waals surface area contributed by atoms with Crippen LogP contribution >= 0.6 is 0 Å². The van der Waals surface area contributed by atoms with Crippen molar-refractivity contribution in [2.24, 2.45) is 5.41 Å². The van der Waals surface area contributed by atoms with Gasteiger partial charge in [0, 0.05) is 32.2 Å². The molecule has 1 aromatic rings. The van der Waals surface area contributed by atoms with Gasteiger partial charge >= 0.3 is 0 Å². The number of furan rings is 1. The van der Waals surface area contributed by atoms with Crippen LogP contribution in [-0.4, -0.2) is 59.7 Å². The standard InChI is InChI=1S/C18H25N3O4/c1-3-13(2)19-16(23)18(6-7-18)17(24)21-10-8-20(9-11-21)15(22)14-5-4-12-25-14/h4-5,12-13H,3,6-11H2,1-2H3,(H,19,23). The summed E-state index contributed by atoms with van der Waals surface area (Å²) in [6.45, 7) is 5.75.